The lowest BCUT2D eigenvalue weighted by Crippen LogP contribution is -2.18. The average molecular weight is 78.1 g/mol. The van der Waals surface area contributed by atoms with Crippen LogP contribution >= 0.6 is 0 Å². The summed E-state index contributed by atoms with van der Waals surface area (Å²) in [7, 11) is 0. The second-order valence-electron chi connectivity index (χ2n) is 0.364. The molecule has 0 aliphatic rings. The van der Waals surface area contributed by atoms with Gasteiger partial charge in [-0.3, -0.25) is 0 Å². The predicted octanol–water partition coefficient (Wildman–Crippen LogP) is -0.814. The maximum absolute atomic E-state index is 9.29. The molecular formula is CH7N3O. The Balaban J connectivity index is 0. The Morgan fingerprint density at radius 3 is 2.20 bits per heavy atom. The average Bonchev–Trinajstić information content (AvgIpc) is 1.38. The van der Waals surface area contributed by atoms with Gasteiger partial charge in [0.2, 0.25) is 0 Å². The van der Waals surface area contributed by atoms with Gasteiger partial charge in [-0.1, -0.05) is 0 Å². The lowest BCUT2D eigenvalue weighted by atomic mass is 11.2. The number of carbonyl (C=O) groups excluding carboxylic acids is 1. The Morgan fingerprint density at radius 1 is 2.00 bits per heavy atom. The molecule has 0 aromatic rings. The molecule has 0 aromatic carbocycles. The second kappa shape index (κ2) is 3.23. The van der Waals surface area contributed by atoms with E-state index in [9.17, 15) is 4.79 Å². The maximum atomic E-state index is 9.29. The summed E-state index contributed by atoms with van der Waals surface area (Å²) in [6.07, 6.45) is 0. The monoisotopic (exact) mass is 78.1 g/mol. The maximum Gasteiger partial charge on any atom is 0.309 e. The zero-order chi connectivity index (χ0) is 4.28. The highest BCUT2D eigenvalue weighted by molar-refractivity contribution is 5.69. The first-order chi connectivity index (χ1) is 2.27. The molecule has 0 saturated heterocycles. The van der Waals surface area contributed by atoms with Gasteiger partial charge in [-0.25, -0.2) is 4.79 Å². The minimum atomic E-state index is -0.829. The first-order valence-electron chi connectivity index (χ1n) is 1.24. The van der Waals surface area contributed by atoms with Gasteiger partial charge in [0, 0.05) is 0 Å². The van der Waals surface area contributed by atoms with Gasteiger partial charge in [-0.05, 0) is 0 Å². The Labute approximate surface area is 31.2 Å². The van der Waals surface area contributed by atoms with E-state index < -0.39 is 6.03 Å². The molecule has 0 bridgehead atoms. The lowest BCUT2D eigenvalue weighted by molar-refractivity contribution is 0.256. The number of hydrogen-bond donors (Lipinski definition) is 3. The lowest BCUT2D eigenvalue weighted by Gasteiger charge is -1.62. The van der Waals surface area contributed by atoms with Crippen molar-refractivity contribution >= 4 is 6.03 Å². The summed E-state index contributed by atoms with van der Waals surface area (Å²) in [6, 6.07) is -0.829. The molecule has 0 radical (unpaired) electrons. The number of urea groups is 1. The number of hydrogen-bond acceptors (Lipinski definition) is 2. The van der Waals surface area contributed by atoms with E-state index in [1.165, 1.54) is 5.73 Å². The Kier molecular flexibility index (Phi) is 2.73. The van der Waals surface area contributed by atoms with E-state index in [4.69, 9.17) is 1.41 Å². The van der Waals surface area contributed by atoms with Crippen LogP contribution in [0.25, 0.3) is 0 Å². The summed E-state index contributed by atoms with van der Waals surface area (Å²) in [5.41, 5.74) is 5.77. The zero-order valence-corrected chi connectivity index (χ0v) is 2.69. The van der Waals surface area contributed by atoms with Crippen LogP contribution in [0, 0.1) is 0 Å². The van der Waals surface area contributed by atoms with Crippen LogP contribution in [0.4, 0.5) is 4.79 Å². The summed E-state index contributed by atoms with van der Waals surface area (Å²) >= 11 is 0. The number of carbonyl (C=O) groups is 1. The molecule has 0 unspecified atom stereocenters. The number of nitrogens with two attached hydrogens (primary N) is 2. The van der Waals surface area contributed by atoms with Crippen LogP contribution in [0.15, 0.2) is 0 Å². The van der Waals surface area contributed by atoms with Crippen molar-refractivity contribution < 1.29 is 6.21 Å². The van der Waals surface area contributed by atoms with Crippen molar-refractivity contribution in [2.24, 2.45) is 11.5 Å². The van der Waals surface area contributed by atoms with Crippen LogP contribution in [-0.4, -0.2) is 6.03 Å². The van der Waals surface area contributed by atoms with Gasteiger partial charge in [-0.2, -0.15) is 0 Å². The van der Waals surface area contributed by atoms with Crippen LogP contribution < -0.4 is 17.6 Å². The van der Waals surface area contributed by atoms with E-state index in [1.54, 1.807) is 0 Å². The molecule has 0 heterocycles. The van der Waals surface area contributed by atoms with Gasteiger partial charge in [0.1, 0.15) is 0 Å². The third-order valence-corrected chi connectivity index (χ3v) is 0. The van der Waals surface area contributed by atoms with Crippen LogP contribution in [0.2, 0.25) is 1.41 Å². The fourth-order valence-electron chi connectivity index (χ4n) is 0. The minimum absolute atomic E-state index is 0. The predicted molar refractivity (Wildman–Crippen MR) is 18.8 cm³/mol. The summed E-state index contributed by atoms with van der Waals surface area (Å²) in [6.45, 7) is 0. The van der Waals surface area contributed by atoms with E-state index in [0.717, 1.165) is 0 Å². The van der Waals surface area contributed by atoms with Crippen molar-refractivity contribution in [2.75, 3.05) is 0 Å². The van der Waals surface area contributed by atoms with Crippen LogP contribution in [-0.2, 0) is 0 Å². The highest BCUT2D eigenvalue weighted by Gasteiger charge is 1.60. The molecule has 0 aromatic heterocycles. The zero-order valence-electron chi connectivity index (χ0n) is 3.69. The largest absolute Gasteiger partial charge is 0.352 e. The van der Waals surface area contributed by atoms with E-state index in [1.807, 2.05) is 0 Å². The number of amides is 2. The minimum Gasteiger partial charge on any atom is -0.352 e. The molecular weight excluding hydrogens is 70.0 g/mol. The molecule has 4 nitrogen and oxygen atoms in total. The second-order valence-corrected chi connectivity index (χ2v) is 0.364. The van der Waals surface area contributed by atoms with Gasteiger partial charge >= 0.3 is 6.03 Å². The Hall–Kier alpha value is -0.770. The molecule has 5 heavy (non-hydrogen) atoms. The fraction of sp³-hybridized carbons (Fsp3) is 0. The SMILES string of the molecule is N.[2H]NC(N)=O. The topological polar surface area (TPSA) is 104 Å². The fourth-order valence-corrected chi connectivity index (χ4v) is 0. The molecule has 0 atom stereocenters. The summed E-state index contributed by atoms with van der Waals surface area (Å²) in [5.74, 6) is 0. The van der Waals surface area contributed by atoms with Crippen molar-refractivity contribution in [1.29, 1.82) is 0 Å². The molecule has 0 fully saturated rings. The van der Waals surface area contributed by atoms with Crippen molar-refractivity contribution in [1.82, 2.24) is 6.15 Å². The van der Waals surface area contributed by atoms with Gasteiger partial charge in [0.15, 0.2) is 1.41 Å². The van der Waals surface area contributed by atoms with Crippen molar-refractivity contribution in [3.8, 4) is 0 Å². The quantitative estimate of drug-likeness (QED) is 0.352. The van der Waals surface area contributed by atoms with Crippen LogP contribution in [0.3, 0.4) is 0 Å². The highest BCUT2D eigenvalue weighted by atomic mass is 16.2. The van der Waals surface area contributed by atoms with E-state index >= 15 is 0 Å². The smallest absolute Gasteiger partial charge is 0.309 e. The first-order valence-corrected chi connectivity index (χ1v) is 0.743. The first kappa shape index (κ1) is 4.23. The van der Waals surface area contributed by atoms with Gasteiger partial charge in [0.05, 0.1) is 0 Å². The molecule has 7 N–H and O–H groups in total. The summed E-state index contributed by atoms with van der Waals surface area (Å²) in [4.78, 5) is 9.29. The highest BCUT2D eigenvalue weighted by Crippen LogP contribution is 1.25. The van der Waals surface area contributed by atoms with Gasteiger partial charge in [0.25, 0.3) is 0 Å². The normalized spacial score (nSPS) is 6.80. The van der Waals surface area contributed by atoms with Gasteiger partial charge in [-0.15, -0.1) is 0 Å². The summed E-state index contributed by atoms with van der Waals surface area (Å²) < 4.78 is 5.93. The van der Waals surface area contributed by atoms with E-state index in [2.05, 4.69) is 5.73 Å². The molecule has 0 aliphatic heterocycles. The molecule has 0 saturated carbocycles. The Bertz CT molecular complexity index is 46.1. The van der Waals surface area contributed by atoms with E-state index in [-0.39, 0.29) is 6.15 Å². The molecule has 0 aliphatic carbocycles. The van der Waals surface area contributed by atoms with Crippen molar-refractivity contribution in [3.05, 3.63) is 0 Å². The van der Waals surface area contributed by atoms with Crippen LogP contribution in [0.1, 0.15) is 0 Å². The van der Waals surface area contributed by atoms with Crippen LogP contribution in [0.5, 0.6) is 0 Å². The van der Waals surface area contributed by atoms with Crippen molar-refractivity contribution in [2.45, 2.75) is 0 Å². The third-order valence-electron chi connectivity index (χ3n) is 0. The number of primary amides is 2. The number of rotatable bonds is 0. The molecule has 0 spiro atoms. The molecule has 4 heteroatoms. The van der Waals surface area contributed by atoms with Crippen molar-refractivity contribution in [3.63, 3.8) is 0 Å². The van der Waals surface area contributed by atoms with Gasteiger partial charge < -0.3 is 17.6 Å². The Morgan fingerprint density at radius 2 is 2.20 bits per heavy atom. The molecule has 0 rings (SSSR count). The molecule has 32 valence electrons. The molecule has 2 amide bonds. The third kappa shape index (κ3) is 8.24. The summed E-state index contributed by atoms with van der Waals surface area (Å²) in [5, 5.41) is 0. The van der Waals surface area contributed by atoms with E-state index in [0.29, 0.717) is 0 Å². The standard InChI is InChI=1S/CH4N2O.H3N/c2-1(3)4;/h(H4,2,3,4);1H3/i/hD.